The second-order valence-corrected chi connectivity index (χ2v) is 11.4. The van der Waals surface area contributed by atoms with Gasteiger partial charge in [0.05, 0.1) is 12.2 Å². The number of benzene rings is 1. The molecule has 2 fully saturated rings. The molecule has 0 bridgehead atoms. The number of fused-ring (bicyclic) bond motifs is 1. The standard InChI is InChI=1S/C26H31Cl2N7.C2HF3O2/c1-3-18-16-34(12-9-23(18)33-10-5-4-6-11-33)24-15-30-25-22(14-29)32-35(26(25)31-24)17(2)20-8-7-19(27)13-21(20)28;3-2(4,5)1(6)7/h7-8,13,15,17-18,23H,3-6,9-12,16H2,1-2H3;(H,6,7). The van der Waals surface area contributed by atoms with Crippen LogP contribution in [0.25, 0.3) is 11.2 Å². The summed E-state index contributed by atoms with van der Waals surface area (Å²) in [6.45, 7) is 8.67. The zero-order valence-corrected chi connectivity index (χ0v) is 24.8. The Balaban J connectivity index is 0.000000517. The van der Waals surface area contributed by atoms with Gasteiger partial charge in [0.25, 0.3) is 0 Å². The van der Waals surface area contributed by atoms with E-state index in [1.54, 1.807) is 16.9 Å². The third kappa shape index (κ3) is 7.07. The predicted octanol–water partition coefficient (Wildman–Crippen LogP) is 6.34. The van der Waals surface area contributed by atoms with Crippen molar-refractivity contribution in [1.82, 2.24) is 24.6 Å². The van der Waals surface area contributed by atoms with Crippen LogP contribution in [-0.2, 0) is 4.79 Å². The highest BCUT2D eigenvalue weighted by Gasteiger charge is 2.38. The number of hydrogen-bond donors (Lipinski definition) is 1. The molecule has 2 aromatic heterocycles. The van der Waals surface area contributed by atoms with Crippen LogP contribution in [0.1, 0.15) is 63.3 Å². The lowest BCUT2D eigenvalue weighted by Gasteiger charge is -2.45. The van der Waals surface area contributed by atoms with Crippen molar-refractivity contribution < 1.29 is 23.1 Å². The van der Waals surface area contributed by atoms with Gasteiger partial charge in [-0.15, -0.1) is 0 Å². The molecular formula is C28H32Cl2F3N7O2. The Morgan fingerprint density at radius 1 is 1.21 bits per heavy atom. The number of rotatable bonds is 5. The number of carbonyl (C=O) groups is 1. The first-order valence-corrected chi connectivity index (χ1v) is 14.6. The third-order valence-corrected chi connectivity index (χ3v) is 8.48. The maximum Gasteiger partial charge on any atom is 0.490 e. The van der Waals surface area contributed by atoms with E-state index in [0.717, 1.165) is 37.3 Å². The van der Waals surface area contributed by atoms with Crippen molar-refractivity contribution in [2.75, 3.05) is 31.1 Å². The van der Waals surface area contributed by atoms with Crippen molar-refractivity contribution in [1.29, 1.82) is 5.26 Å². The Hall–Kier alpha value is -3.14. The lowest BCUT2D eigenvalue weighted by Crippen LogP contribution is -2.52. The summed E-state index contributed by atoms with van der Waals surface area (Å²) in [7, 11) is 0. The molecule has 1 aromatic carbocycles. The Labute approximate surface area is 251 Å². The van der Waals surface area contributed by atoms with Gasteiger partial charge in [-0.2, -0.15) is 23.5 Å². The average molecular weight is 627 g/mol. The molecule has 2 aliphatic heterocycles. The van der Waals surface area contributed by atoms with Crippen molar-refractivity contribution in [3.05, 3.63) is 45.7 Å². The summed E-state index contributed by atoms with van der Waals surface area (Å²) in [6, 6.07) is 8.01. The number of carboxylic acids is 1. The molecule has 0 spiro atoms. The van der Waals surface area contributed by atoms with Gasteiger partial charge in [-0.1, -0.05) is 49.0 Å². The fourth-order valence-electron chi connectivity index (χ4n) is 5.73. The third-order valence-electron chi connectivity index (χ3n) is 7.92. The molecule has 3 atom stereocenters. The summed E-state index contributed by atoms with van der Waals surface area (Å²) in [6.07, 6.45) is 3.00. The minimum atomic E-state index is -5.08. The van der Waals surface area contributed by atoms with Gasteiger partial charge in [0.2, 0.25) is 0 Å². The number of nitriles is 1. The van der Waals surface area contributed by atoms with Crippen LogP contribution in [-0.4, -0.2) is 74.1 Å². The summed E-state index contributed by atoms with van der Waals surface area (Å²) < 4.78 is 33.5. The summed E-state index contributed by atoms with van der Waals surface area (Å²) in [4.78, 5) is 23.6. The second-order valence-electron chi connectivity index (χ2n) is 10.5. The van der Waals surface area contributed by atoms with Crippen LogP contribution in [0.15, 0.2) is 24.4 Å². The number of piperidine rings is 2. The van der Waals surface area contributed by atoms with Gasteiger partial charge in [0, 0.05) is 29.2 Å². The first-order chi connectivity index (χ1) is 19.9. The van der Waals surface area contributed by atoms with Crippen LogP contribution in [0.4, 0.5) is 19.0 Å². The van der Waals surface area contributed by atoms with E-state index in [0.29, 0.717) is 33.2 Å². The predicted molar refractivity (Wildman–Crippen MR) is 154 cm³/mol. The van der Waals surface area contributed by atoms with Crippen molar-refractivity contribution >= 4 is 46.2 Å². The Morgan fingerprint density at radius 3 is 2.50 bits per heavy atom. The first-order valence-electron chi connectivity index (χ1n) is 13.8. The molecule has 5 rings (SSSR count). The monoisotopic (exact) mass is 625 g/mol. The Morgan fingerprint density at radius 2 is 1.90 bits per heavy atom. The normalized spacial score (nSPS) is 20.5. The van der Waals surface area contributed by atoms with Gasteiger partial charge in [-0.3, -0.25) is 4.90 Å². The zero-order chi connectivity index (χ0) is 30.6. The second kappa shape index (κ2) is 13.4. The van der Waals surface area contributed by atoms with Crippen LogP contribution in [0.2, 0.25) is 10.0 Å². The number of hydrogen-bond acceptors (Lipinski definition) is 7. The number of aliphatic carboxylic acids is 1. The number of halogens is 5. The van der Waals surface area contributed by atoms with Gasteiger partial charge in [-0.05, 0) is 62.9 Å². The fraction of sp³-hybridized carbons (Fsp3) is 0.536. The molecule has 2 saturated heterocycles. The van der Waals surface area contributed by atoms with Gasteiger partial charge < -0.3 is 10.0 Å². The molecule has 3 unspecified atom stereocenters. The van der Waals surface area contributed by atoms with Crippen molar-refractivity contribution in [2.24, 2.45) is 5.92 Å². The number of aromatic nitrogens is 4. The SMILES string of the molecule is CCC1CN(c2cnc3c(C#N)nn(C(C)c4ccc(Cl)cc4Cl)c3n2)CCC1N1CCCCC1.O=C(O)C(F)(F)F. The molecule has 9 nitrogen and oxygen atoms in total. The molecule has 2 aliphatic rings. The smallest absolute Gasteiger partial charge is 0.475 e. The van der Waals surface area contributed by atoms with Crippen LogP contribution in [0, 0.1) is 17.2 Å². The topological polar surface area (TPSA) is 111 Å². The van der Waals surface area contributed by atoms with E-state index in [1.807, 2.05) is 19.1 Å². The molecule has 14 heteroatoms. The van der Waals surface area contributed by atoms with E-state index in [9.17, 15) is 18.4 Å². The van der Waals surface area contributed by atoms with E-state index in [1.165, 1.54) is 32.4 Å². The maximum atomic E-state index is 10.6. The van der Waals surface area contributed by atoms with Gasteiger partial charge in [0.1, 0.15) is 17.4 Å². The lowest BCUT2D eigenvalue weighted by atomic mass is 9.87. The highest BCUT2D eigenvalue weighted by molar-refractivity contribution is 6.35. The molecule has 0 saturated carbocycles. The molecule has 0 radical (unpaired) electrons. The number of carboxylic acid groups (broad SMARTS) is 1. The van der Waals surface area contributed by atoms with E-state index in [4.69, 9.17) is 38.1 Å². The number of anilines is 1. The highest BCUT2D eigenvalue weighted by atomic mass is 35.5. The molecule has 226 valence electrons. The molecular weight excluding hydrogens is 594 g/mol. The first kappa shape index (κ1) is 31.8. The maximum absolute atomic E-state index is 10.6. The largest absolute Gasteiger partial charge is 0.490 e. The van der Waals surface area contributed by atoms with E-state index in [2.05, 4.69) is 32.9 Å². The highest BCUT2D eigenvalue weighted by Crippen LogP contribution is 2.33. The molecule has 0 aliphatic carbocycles. The average Bonchev–Trinajstić information content (AvgIpc) is 3.35. The molecule has 1 N–H and O–H groups in total. The number of alkyl halides is 3. The van der Waals surface area contributed by atoms with E-state index >= 15 is 0 Å². The number of likely N-dealkylation sites (tertiary alicyclic amines) is 1. The van der Waals surface area contributed by atoms with Crippen LogP contribution >= 0.6 is 23.2 Å². The quantitative estimate of drug-likeness (QED) is 0.350. The van der Waals surface area contributed by atoms with Crippen molar-refractivity contribution in [3.63, 3.8) is 0 Å². The number of nitrogens with zero attached hydrogens (tertiary/aromatic N) is 7. The summed E-state index contributed by atoms with van der Waals surface area (Å²) in [5.74, 6) is -1.31. The molecule has 4 heterocycles. The van der Waals surface area contributed by atoms with Crippen LogP contribution in [0.5, 0.6) is 0 Å². The molecule has 0 amide bonds. The van der Waals surface area contributed by atoms with E-state index < -0.39 is 12.1 Å². The Kier molecular flexibility index (Phi) is 10.2. The minimum Gasteiger partial charge on any atom is -0.475 e. The Bertz CT molecular complexity index is 1450. The summed E-state index contributed by atoms with van der Waals surface area (Å²) in [5.41, 5.74) is 2.25. The minimum absolute atomic E-state index is 0.234. The lowest BCUT2D eigenvalue weighted by molar-refractivity contribution is -0.192. The van der Waals surface area contributed by atoms with Gasteiger partial charge in [-0.25, -0.2) is 19.4 Å². The van der Waals surface area contributed by atoms with Crippen LogP contribution < -0.4 is 4.90 Å². The summed E-state index contributed by atoms with van der Waals surface area (Å²) in [5, 5.41) is 22.5. The fourth-order valence-corrected chi connectivity index (χ4v) is 6.30. The van der Waals surface area contributed by atoms with Crippen LogP contribution in [0.3, 0.4) is 0 Å². The van der Waals surface area contributed by atoms with E-state index in [-0.39, 0.29) is 11.7 Å². The van der Waals surface area contributed by atoms with Gasteiger partial charge >= 0.3 is 12.1 Å². The summed E-state index contributed by atoms with van der Waals surface area (Å²) >= 11 is 12.6. The molecule has 3 aromatic rings. The van der Waals surface area contributed by atoms with Crippen molar-refractivity contribution in [2.45, 2.75) is 64.2 Å². The zero-order valence-electron chi connectivity index (χ0n) is 23.3. The molecule has 42 heavy (non-hydrogen) atoms. The van der Waals surface area contributed by atoms with Gasteiger partial charge in [0.15, 0.2) is 11.3 Å². The van der Waals surface area contributed by atoms with Crippen molar-refractivity contribution in [3.8, 4) is 6.07 Å².